The summed E-state index contributed by atoms with van der Waals surface area (Å²) in [7, 11) is 0. The van der Waals surface area contributed by atoms with Crippen LogP contribution in [0.25, 0.3) is 0 Å². The third kappa shape index (κ3) is 4.50. The highest BCUT2D eigenvalue weighted by Gasteiger charge is 2.49. The van der Waals surface area contributed by atoms with Crippen molar-refractivity contribution >= 4 is 23.8 Å². The first-order chi connectivity index (χ1) is 15.0. The zero-order chi connectivity index (χ0) is 22.0. The maximum atomic E-state index is 12.9. The van der Waals surface area contributed by atoms with Crippen molar-refractivity contribution < 1.29 is 19.2 Å². The summed E-state index contributed by atoms with van der Waals surface area (Å²) in [4.78, 5) is 54.4. The minimum absolute atomic E-state index is 0.175. The molecule has 1 aromatic carbocycles. The quantitative estimate of drug-likeness (QED) is 0.537. The van der Waals surface area contributed by atoms with Crippen LogP contribution in [0.3, 0.4) is 0 Å². The summed E-state index contributed by atoms with van der Waals surface area (Å²) in [5.74, 6) is -1.21. The molecule has 0 N–H and O–H groups in total. The van der Waals surface area contributed by atoms with Gasteiger partial charge < -0.3 is 4.90 Å². The van der Waals surface area contributed by atoms with Crippen molar-refractivity contribution in [2.24, 2.45) is 11.8 Å². The number of benzene rings is 1. The lowest BCUT2D eigenvalue weighted by atomic mass is 9.85. The Balaban J connectivity index is 1.33. The molecule has 2 saturated heterocycles. The summed E-state index contributed by atoms with van der Waals surface area (Å²) >= 11 is 0. The van der Waals surface area contributed by atoms with Gasteiger partial charge in [0.05, 0.1) is 0 Å². The second kappa shape index (κ2) is 9.20. The number of piperidine rings is 1. The molecule has 0 spiro atoms. The van der Waals surface area contributed by atoms with Crippen LogP contribution < -0.4 is 0 Å². The highest BCUT2D eigenvalue weighted by Crippen LogP contribution is 2.31. The van der Waals surface area contributed by atoms with Crippen LogP contribution in [0, 0.1) is 11.8 Å². The number of carbonyl (C=O) groups excluding carboxylic acids is 4. The van der Waals surface area contributed by atoms with Gasteiger partial charge in [-0.1, -0.05) is 50.1 Å². The standard InChI is InChI=1S/C24H31N3O4/c1-17-7-5-6-10-20(17)27-23(30)22(29)26(24(27)31)16-21(28)25-13-11-19(12-14-25)15-18-8-3-2-4-9-18/h2-4,8-9,17,19-20H,5-7,10-16H2,1H3/t17-,20+/m0/s1. The summed E-state index contributed by atoms with van der Waals surface area (Å²) in [6, 6.07) is 9.46. The van der Waals surface area contributed by atoms with Gasteiger partial charge in [-0.3, -0.25) is 19.3 Å². The van der Waals surface area contributed by atoms with Crippen molar-refractivity contribution in [2.75, 3.05) is 19.6 Å². The van der Waals surface area contributed by atoms with Crippen LogP contribution in [0.15, 0.2) is 30.3 Å². The molecule has 2 heterocycles. The van der Waals surface area contributed by atoms with E-state index in [4.69, 9.17) is 0 Å². The zero-order valence-electron chi connectivity index (χ0n) is 18.2. The molecule has 7 heteroatoms. The van der Waals surface area contributed by atoms with Crippen molar-refractivity contribution in [3.8, 4) is 0 Å². The van der Waals surface area contributed by atoms with Gasteiger partial charge in [-0.25, -0.2) is 9.69 Å². The predicted octanol–water partition coefficient (Wildman–Crippen LogP) is 2.84. The fourth-order valence-corrected chi connectivity index (χ4v) is 5.20. The molecule has 0 unspecified atom stereocenters. The van der Waals surface area contributed by atoms with Gasteiger partial charge in [0, 0.05) is 19.1 Å². The molecule has 0 radical (unpaired) electrons. The van der Waals surface area contributed by atoms with E-state index in [1.54, 1.807) is 4.90 Å². The van der Waals surface area contributed by atoms with E-state index in [9.17, 15) is 19.2 Å². The Labute approximate surface area is 183 Å². The van der Waals surface area contributed by atoms with Crippen LogP contribution in [0.4, 0.5) is 4.79 Å². The van der Waals surface area contributed by atoms with Crippen LogP contribution >= 0.6 is 0 Å². The Bertz CT molecular complexity index is 848. The number of rotatable bonds is 5. The number of urea groups is 1. The van der Waals surface area contributed by atoms with Crippen LogP contribution in [0.5, 0.6) is 0 Å². The van der Waals surface area contributed by atoms with Crippen LogP contribution in [-0.2, 0) is 20.8 Å². The van der Waals surface area contributed by atoms with Gasteiger partial charge >= 0.3 is 17.8 Å². The molecule has 1 aromatic rings. The molecular weight excluding hydrogens is 394 g/mol. The first kappa shape index (κ1) is 21.5. The number of hydrogen-bond donors (Lipinski definition) is 0. The van der Waals surface area contributed by atoms with Crippen molar-refractivity contribution in [2.45, 2.75) is 57.9 Å². The number of amides is 5. The molecule has 0 aromatic heterocycles. The van der Waals surface area contributed by atoms with Crippen molar-refractivity contribution in [3.05, 3.63) is 35.9 Å². The van der Waals surface area contributed by atoms with Crippen LogP contribution in [0.2, 0.25) is 0 Å². The van der Waals surface area contributed by atoms with E-state index in [-0.39, 0.29) is 24.4 Å². The Morgan fingerprint density at radius 1 is 0.935 bits per heavy atom. The molecule has 166 valence electrons. The van der Waals surface area contributed by atoms with Gasteiger partial charge in [-0.2, -0.15) is 0 Å². The van der Waals surface area contributed by atoms with Gasteiger partial charge in [0.25, 0.3) is 0 Å². The van der Waals surface area contributed by atoms with E-state index in [0.29, 0.717) is 19.0 Å². The summed E-state index contributed by atoms with van der Waals surface area (Å²) < 4.78 is 0. The average molecular weight is 426 g/mol. The average Bonchev–Trinajstić information content (AvgIpc) is 2.98. The first-order valence-electron chi connectivity index (χ1n) is 11.5. The molecule has 7 nitrogen and oxygen atoms in total. The lowest BCUT2D eigenvalue weighted by molar-refractivity contribution is -0.146. The molecule has 1 aliphatic carbocycles. The SMILES string of the molecule is C[C@H]1CCCC[C@H]1N1C(=O)C(=O)N(CC(=O)N2CCC(Cc3ccccc3)CC2)C1=O. The number of imide groups is 2. The second-order valence-corrected chi connectivity index (χ2v) is 9.19. The smallest absolute Gasteiger partial charge is 0.334 e. The van der Waals surface area contributed by atoms with E-state index < -0.39 is 17.8 Å². The summed E-state index contributed by atoms with van der Waals surface area (Å²) in [6.07, 6.45) is 6.46. The molecule has 1 saturated carbocycles. The molecule has 4 rings (SSSR count). The van der Waals surface area contributed by atoms with Crippen LogP contribution in [-0.4, -0.2) is 64.1 Å². The number of hydrogen-bond acceptors (Lipinski definition) is 4. The third-order valence-corrected chi connectivity index (χ3v) is 7.11. The molecule has 5 amide bonds. The molecule has 3 aliphatic rings. The minimum Gasteiger partial charge on any atom is -0.341 e. The molecule has 2 aliphatic heterocycles. The van der Waals surface area contributed by atoms with E-state index >= 15 is 0 Å². The van der Waals surface area contributed by atoms with E-state index in [1.807, 2.05) is 25.1 Å². The highest BCUT2D eigenvalue weighted by atomic mass is 16.2. The highest BCUT2D eigenvalue weighted by molar-refractivity contribution is 6.45. The van der Waals surface area contributed by atoms with Crippen molar-refractivity contribution in [3.63, 3.8) is 0 Å². The number of likely N-dealkylation sites (tertiary alicyclic amines) is 1. The lowest BCUT2D eigenvalue weighted by Crippen LogP contribution is -2.48. The molecule has 0 bridgehead atoms. The topological polar surface area (TPSA) is 78.0 Å². The Morgan fingerprint density at radius 3 is 2.29 bits per heavy atom. The summed E-state index contributed by atoms with van der Waals surface area (Å²) in [6.45, 7) is 2.90. The Morgan fingerprint density at radius 2 is 1.61 bits per heavy atom. The van der Waals surface area contributed by atoms with Gasteiger partial charge in [-0.05, 0) is 49.5 Å². The normalized spacial score (nSPS) is 25.5. The van der Waals surface area contributed by atoms with Crippen molar-refractivity contribution in [1.82, 2.24) is 14.7 Å². The fourth-order valence-electron chi connectivity index (χ4n) is 5.20. The summed E-state index contributed by atoms with van der Waals surface area (Å²) in [5, 5.41) is 0. The maximum absolute atomic E-state index is 12.9. The predicted molar refractivity (Wildman–Crippen MR) is 115 cm³/mol. The Kier molecular flexibility index (Phi) is 6.39. The molecule has 31 heavy (non-hydrogen) atoms. The Hall–Kier alpha value is -2.70. The van der Waals surface area contributed by atoms with E-state index in [0.717, 1.165) is 54.7 Å². The lowest BCUT2D eigenvalue weighted by Gasteiger charge is -2.34. The molecular formula is C24H31N3O4. The van der Waals surface area contributed by atoms with Crippen molar-refractivity contribution in [1.29, 1.82) is 0 Å². The zero-order valence-corrected chi connectivity index (χ0v) is 18.2. The maximum Gasteiger partial charge on any atom is 0.334 e. The van der Waals surface area contributed by atoms with Gasteiger partial charge in [0.15, 0.2) is 0 Å². The molecule has 3 fully saturated rings. The number of carbonyl (C=O) groups is 4. The molecule has 2 atom stereocenters. The fraction of sp³-hybridized carbons (Fsp3) is 0.583. The van der Waals surface area contributed by atoms with E-state index in [2.05, 4.69) is 12.1 Å². The van der Waals surface area contributed by atoms with Gasteiger partial charge in [0.1, 0.15) is 6.54 Å². The largest absolute Gasteiger partial charge is 0.341 e. The van der Waals surface area contributed by atoms with Gasteiger partial charge in [0.2, 0.25) is 5.91 Å². The van der Waals surface area contributed by atoms with E-state index in [1.165, 1.54) is 5.56 Å². The summed E-state index contributed by atoms with van der Waals surface area (Å²) in [5.41, 5.74) is 1.30. The third-order valence-electron chi connectivity index (χ3n) is 7.11. The second-order valence-electron chi connectivity index (χ2n) is 9.19. The van der Waals surface area contributed by atoms with Gasteiger partial charge in [-0.15, -0.1) is 0 Å². The first-order valence-corrected chi connectivity index (χ1v) is 11.5. The number of nitrogens with zero attached hydrogens (tertiary/aromatic N) is 3. The monoisotopic (exact) mass is 425 g/mol. The minimum atomic E-state index is -0.866. The van der Waals surface area contributed by atoms with Crippen LogP contribution in [0.1, 0.15) is 51.0 Å².